The second-order valence-electron chi connectivity index (χ2n) is 6.14. The molecule has 118 valence electrons. The van der Waals surface area contributed by atoms with Gasteiger partial charge >= 0.3 is 0 Å². The van der Waals surface area contributed by atoms with Gasteiger partial charge in [-0.05, 0) is 56.7 Å². The molecule has 0 radical (unpaired) electrons. The van der Waals surface area contributed by atoms with Crippen LogP contribution >= 0.6 is 15.9 Å². The molecular weight excluding hydrogens is 350 g/mol. The molecule has 0 heterocycles. The molecule has 0 saturated heterocycles. The molecular formula is C16H24BrNO2S. The topological polar surface area (TPSA) is 46.2 Å². The molecule has 1 aliphatic carbocycles. The van der Waals surface area contributed by atoms with Crippen molar-refractivity contribution in [3.05, 3.63) is 34.3 Å². The van der Waals surface area contributed by atoms with Gasteiger partial charge in [0.05, 0.1) is 11.0 Å². The van der Waals surface area contributed by atoms with Crippen LogP contribution in [0, 0.1) is 0 Å². The van der Waals surface area contributed by atoms with Gasteiger partial charge in [-0.25, -0.2) is 8.42 Å². The summed E-state index contributed by atoms with van der Waals surface area (Å²) in [7, 11) is -2.97. The Hall–Kier alpha value is -0.390. The molecule has 1 atom stereocenters. The standard InChI is InChI=1S/C16H24BrNO2S/c1-12(2)21(19,20)9-8-14(11-18-16-6-7-16)13-4-3-5-15(17)10-13/h3-5,10,12,14,16,18H,6-9,11H2,1-2H3. The lowest BCUT2D eigenvalue weighted by atomic mass is 9.96. The molecule has 21 heavy (non-hydrogen) atoms. The van der Waals surface area contributed by atoms with Crippen LogP contribution in [0.2, 0.25) is 0 Å². The quantitative estimate of drug-likeness (QED) is 0.758. The summed E-state index contributed by atoms with van der Waals surface area (Å²) < 4.78 is 25.2. The molecule has 1 N–H and O–H groups in total. The maximum atomic E-state index is 12.1. The molecule has 5 heteroatoms. The summed E-state index contributed by atoms with van der Waals surface area (Å²) in [5.41, 5.74) is 1.21. The van der Waals surface area contributed by atoms with Gasteiger partial charge in [0.25, 0.3) is 0 Å². The van der Waals surface area contributed by atoms with Gasteiger partial charge in [-0.15, -0.1) is 0 Å². The van der Waals surface area contributed by atoms with Gasteiger partial charge in [0.15, 0.2) is 9.84 Å². The van der Waals surface area contributed by atoms with Crippen molar-refractivity contribution < 1.29 is 8.42 Å². The van der Waals surface area contributed by atoms with Gasteiger partial charge in [0.2, 0.25) is 0 Å². The van der Waals surface area contributed by atoms with Crippen molar-refractivity contribution in [2.75, 3.05) is 12.3 Å². The molecule has 1 aliphatic rings. The molecule has 3 nitrogen and oxygen atoms in total. The summed E-state index contributed by atoms with van der Waals surface area (Å²) in [4.78, 5) is 0. The molecule has 0 bridgehead atoms. The van der Waals surface area contributed by atoms with Crippen molar-refractivity contribution in [1.29, 1.82) is 0 Å². The zero-order valence-electron chi connectivity index (χ0n) is 12.7. The molecule has 1 aromatic carbocycles. The zero-order chi connectivity index (χ0) is 15.5. The molecule has 1 fully saturated rings. The van der Waals surface area contributed by atoms with Crippen molar-refractivity contribution in [1.82, 2.24) is 5.32 Å². The van der Waals surface area contributed by atoms with Crippen molar-refractivity contribution in [3.8, 4) is 0 Å². The summed E-state index contributed by atoms with van der Waals surface area (Å²) >= 11 is 3.50. The molecule has 0 spiro atoms. The first-order chi connectivity index (χ1) is 9.88. The summed E-state index contributed by atoms with van der Waals surface area (Å²) in [6.45, 7) is 4.37. The normalized spacial score (nSPS) is 17.1. The minimum atomic E-state index is -2.97. The SMILES string of the molecule is CC(C)S(=O)(=O)CCC(CNC1CC1)c1cccc(Br)c1. The van der Waals surface area contributed by atoms with Crippen LogP contribution < -0.4 is 5.32 Å². The van der Waals surface area contributed by atoms with Crippen LogP contribution in [0.5, 0.6) is 0 Å². The lowest BCUT2D eigenvalue weighted by Crippen LogP contribution is -2.26. The van der Waals surface area contributed by atoms with Gasteiger partial charge < -0.3 is 5.32 Å². The highest BCUT2D eigenvalue weighted by molar-refractivity contribution is 9.10. The Bertz CT molecular complexity index is 567. The zero-order valence-corrected chi connectivity index (χ0v) is 15.1. The first-order valence-electron chi connectivity index (χ1n) is 7.59. The predicted molar refractivity (Wildman–Crippen MR) is 91.4 cm³/mol. The molecule has 1 aromatic rings. The smallest absolute Gasteiger partial charge is 0.152 e. The van der Waals surface area contributed by atoms with Crippen LogP contribution in [0.15, 0.2) is 28.7 Å². The van der Waals surface area contributed by atoms with Crippen molar-refractivity contribution >= 4 is 25.8 Å². The number of nitrogens with one attached hydrogen (secondary N) is 1. The van der Waals surface area contributed by atoms with Crippen LogP contribution in [0.25, 0.3) is 0 Å². The van der Waals surface area contributed by atoms with Gasteiger partial charge in [0.1, 0.15) is 0 Å². The second-order valence-corrected chi connectivity index (χ2v) is 9.73. The van der Waals surface area contributed by atoms with E-state index in [1.54, 1.807) is 13.8 Å². The minimum absolute atomic E-state index is 0.247. The van der Waals surface area contributed by atoms with E-state index in [0.29, 0.717) is 12.5 Å². The molecule has 0 amide bonds. The molecule has 0 aliphatic heterocycles. The van der Waals surface area contributed by atoms with Gasteiger partial charge in [0, 0.05) is 17.1 Å². The second kappa shape index (κ2) is 7.25. The van der Waals surface area contributed by atoms with Crippen LogP contribution in [0.3, 0.4) is 0 Å². The summed E-state index contributed by atoms with van der Waals surface area (Å²) in [6, 6.07) is 8.84. The Balaban J connectivity index is 2.04. The Morgan fingerprint density at radius 1 is 1.33 bits per heavy atom. The fraction of sp³-hybridized carbons (Fsp3) is 0.625. The van der Waals surface area contributed by atoms with E-state index in [0.717, 1.165) is 11.0 Å². The highest BCUT2D eigenvalue weighted by Gasteiger charge is 2.24. The Morgan fingerprint density at radius 2 is 2.05 bits per heavy atom. The van der Waals surface area contributed by atoms with E-state index in [1.165, 1.54) is 18.4 Å². The fourth-order valence-corrected chi connectivity index (χ4v) is 3.79. The number of sulfone groups is 1. The monoisotopic (exact) mass is 373 g/mol. The largest absolute Gasteiger partial charge is 0.313 e. The predicted octanol–water partition coefficient (Wildman–Crippen LogP) is 3.50. The number of rotatable bonds is 8. The first-order valence-corrected chi connectivity index (χ1v) is 10.1. The van der Waals surface area contributed by atoms with E-state index >= 15 is 0 Å². The lowest BCUT2D eigenvalue weighted by molar-refractivity contribution is 0.550. The van der Waals surface area contributed by atoms with Crippen molar-refractivity contribution in [2.45, 2.75) is 50.3 Å². The number of benzene rings is 1. The van der Waals surface area contributed by atoms with Crippen molar-refractivity contribution in [3.63, 3.8) is 0 Å². The van der Waals surface area contributed by atoms with Crippen LogP contribution in [-0.4, -0.2) is 32.0 Å². The third-order valence-corrected chi connectivity index (χ3v) is 6.75. The first kappa shape index (κ1) is 17.0. The van der Waals surface area contributed by atoms with Crippen LogP contribution in [0.4, 0.5) is 0 Å². The van der Waals surface area contributed by atoms with E-state index in [9.17, 15) is 8.42 Å². The minimum Gasteiger partial charge on any atom is -0.313 e. The number of halogens is 1. The van der Waals surface area contributed by atoms with Crippen LogP contribution in [-0.2, 0) is 9.84 Å². The van der Waals surface area contributed by atoms with E-state index < -0.39 is 9.84 Å². The van der Waals surface area contributed by atoms with Crippen LogP contribution in [0.1, 0.15) is 44.6 Å². The van der Waals surface area contributed by atoms with Gasteiger partial charge in [-0.1, -0.05) is 28.1 Å². The van der Waals surface area contributed by atoms with Gasteiger partial charge in [-0.2, -0.15) is 0 Å². The van der Waals surface area contributed by atoms with E-state index in [2.05, 4.69) is 33.4 Å². The average molecular weight is 374 g/mol. The Kier molecular flexibility index (Phi) is 5.86. The maximum Gasteiger partial charge on any atom is 0.152 e. The molecule has 0 aromatic heterocycles. The van der Waals surface area contributed by atoms with E-state index in [-0.39, 0.29) is 16.9 Å². The Labute approximate surface area is 136 Å². The van der Waals surface area contributed by atoms with Crippen molar-refractivity contribution in [2.24, 2.45) is 0 Å². The molecule has 1 saturated carbocycles. The third kappa shape index (κ3) is 5.38. The highest BCUT2D eigenvalue weighted by atomic mass is 79.9. The fourth-order valence-electron chi connectivity index (χ4n) is 2.29. The molecule has 2 rings (SSSR count). The average Bonchev–Trinajstić information content (AvgIpc) is 3.22. The summed E-state index contributed by atoms with van der Waals surface area (Å²) in [5.74, 6) is 0.505. The summed E-state index contributed by atoms with van der Waals surface area (Å²) in [5, 5.41) is 3.24. The van der Waals surface area contributed by atoms with Gasteiger partial charge in [-0.3, -0.25) is 0 Å². The third-order valence-electron chi connectivity index (χ3n) is 4.02. The number of hydrogen-bond donors (Lipinski definition) is 1. The van der Waals surface area contributed by atoms with E-state index in [4.69, 9.17) is 0 Å². The summed E-state index contributed by atoms with van der Waals surface area (Å²) in [6.07, 6.45) is 3.17. The highest BCUT2D eigenvalue weighted by Crippen LogP contribution is 2.26. The maximum absolute atomic E-state index is 12.1. The lowest BCUT2D eigenvalue weighted by Gasteiger charge is -2.19. The molecule has 1 unspecified atom stereocenters. The van der Waals surface area contributed by atoms with E-state index in [1.807, 2.05) is 12.1 Å². The number of hydrogen-bond acceptors (Lipinski definition) is 3. The Morgan fingerprint density at radius 3 is 2.62 bits per heavy atom.